The highest BCUT2D eigenvalue weighted by Gasteiger charge is 2.22. The second-order valence-electron chi connectivity index (χ2n) is 9.07. The van der Waals surface area contributed by atoms with Crippen molar-refractivity contribution in [2.45, 2.75) is 33.4 Å². The zero-order chi connectivity index (χ0) is 22.5. The molecule has 1 aliphatic rings. The summed E-state index contributed by atoms with van der Waals surface area (Å²) < 4.78 is 0. The van der Waals surface area contributed by atoms with Gasteiger partial charge < -0.3 is 10.3 Å². The van der Waals surface area contributed by atoms with E-state index in [1.54, 1.807) is 12.1 Å². The second kappa shape index (κ2) is 9.96. The average molecular weight is 430 g/mol. The van der Waals surface area contributed by atoms with Gasteiger partial charge in [0.1, 0.15) is 5.56 Å². The summed E-state index contributed by atoms with van der Waals surface area (Å²) >= 11 is 0. The van der Waals surface area contributed by atoms with Gasteiger partial charge in [0.2, 0.25) is 0 Å². The number of H-pyrrole nitrogens is 1. The number of benzene rings is 2. The molecule has 0 bridgehead atoms. The van der Waals surface area contributed by atoms with Crippen molar-refractivity contribution in [1.29, 1.82) is 0 Å². The van der Waals surface area contributed by atoms with Gasteiger partial charge in [0.25, 0.3) is 11.5 Å². The number of piperidine rings is 1. The van der Waals surface area contributed by atoms with E-state index >= 15 is 0 Å². The predicted molar refractivity (Wildman–Crippen MR) is 128 cm³/mol. The van der Waals surface area contributed by atoms with Crippen LogP contribution in [0.5, 0.6) is 0 Å². The van der Waals surface area contributed by atoms with E-state index in [0.717, 1.165) is 30.8 Å². The maximum absolute atomic E-state index is 12.7. The number of nitrogens with one attached hydrogen (secondary N) is 2. The monoisotopic (exact) mass is 429 g/mol. The lowest BCUT2D eigenvalue weighted by atomic mass is 9.91. The summed E-state index contributed by atoms with van der Waals surface area (Å²) in [6, 6.07) is 21.2. The van der Waals surface area contributed by atoms with E-state index in [2.05, 4.69) is 41.2 Å². The molecule has 2 aromatic carbocycles. The Morgan fingerprint density at radius 1 is 0.938 bits per heavy atom. The van der Waals surface area contributed by atoms with Gasteiger partial charge >= 0.3 is 0 Å². The Hall–Kier alpha value is -3.18. The minimum atomic E-state index is -0.381. The first-order valence-corrected chi connectivity index (χ1v) is 11.4. The normalized spacial score (nSPS) is 18.9. The molecule has 1 aliphatic heterocycles. The van der Waals surface area contributed by atoms with Crippen molar-refractivity contribution >= 4 is 5.91 Å². The van der Waals surface area contributed by atoms with Gasteiger partial charge in [0, 0.05) is 31.9 Å². The molecule has 1 aromatic heterocycles. The Morgan fingerprint density at radius 2 is 1.59 bits per heavy atom. The Labute approximate surface area is 189 Å². The SMILES string of the molecule is CC1CC(C)CN(Cc2ccccc2CNC(=O)c2ccc(-c3ccccc3)[nH]c2=O)C1. The number of hydrogen-bond donors (Lipinski definition) is 2. The van der Waals surface area contributed by atoms with Gasteiger partial charge in [-0.3, -0.25) is 14.5 Å². The van der Waals surface area contributed by atoms with Gasteiger partial charge in [-0.2, -0.15) is 0 Å². The maximum Gasteiger partial charge on any atom is 0.261 e. The first-order chi connectivity index (χ1) is 15.5. The standard InChI is InChI=1S/C27H31N3O2/c1-19-14-20(2)17-30(16-19)18-23-11-7-6-10-22(23)15-28-26(31)24-12-13-25(29-27(24)32)21-8-4-3-5-9-21/h3-13,19-20H,14-18H2,1-2H3,(H,28,31)(H,29,32). The summed E-state index contributed by atoms with van der Waals surface area (Å²) in [5.41, 5.74) is 3.66. The van der Waals surface area contributed by atoms with Gasteiger partial charge in [-0.25, -0.2) is 0 Å². The molecule has 0 aliphatic carbocycles. The molecule has 5 heteroatoms. The van der Waals surface area contributed by atoms with E-state index in [9.17, 15) is 9.59 Å². The van der Waals surface area contributed by atoms with Crippen LogP contribution < -0.4 is 10.9 Å². The number of hydrogen-bond acceptors (Lipinski definition) is 3. The lowest BCUT2D eigenvalue weighted by Gasteiger charge is -2.35. The molecular weight excluding hydrogens is 398 g/mol. The molecule has 2 heterocycles. The lowest BCUT2D eigenvalue weighted by molar-refractivity contribution is 0.0949. The largest absolute Gasteiger partial charge is 0.348 e. The zero-order valence-electron chi connectivity index (χ0n) is 18.8. The summed E-state index contributed by atoms with van der Waals surface area (Å²) in [5.74, 6) is 1.05. The minimum Gasteiger partial charge on any atom is -0.348 e. The first-order valence-electron chi connectivity index (χ1n) is 11.4. The molecule has 5 nitrogen and oxygen atoms in total. The number of nitrogens with zero attached hydrogens (tertiary/aromatic N) is 1. The molecule has 1 saturated heterocycles. The minimum absolute atomic E-state index is 0.126. The highest BCUT2D eigenvalue weighted by molar-refractivity contribution is 5.94. The third-order valence-corrected chi connectivity index (χ3v) is 6.14. The number of rotatable bonds is 6. The number of aromatic nitrogens is 1. The molecule has 4 rings (SSSR count). The molecule has 2 atom stereocenters. The van der Waals surface area contributed by atoms with E-state index in [1.165, 1.54) is 12.0 Å². The molecule has 1 amide bonds. The molecule has 0 saturated carbocycles. The molecule has 0 radical (unpaired) electrons. The lowest BCUT2D eigenvalue weighted by Crippen LogP contribution is -2.38. The van der Waals surface area contributed by atoms with Crippen molar-refractivity contribution in [3.63, 3.8) is 0 Å². The van der Waals surface area contributed by atoms with Crippen molar-refractivity contribution in [2.75, 3.05) is 13.1 Å². The second-order valence-corrected chi connectivity index (χ2v) is 9.07. The van der Waals surface area contributed by atoms with Gasteiger partial charge in [-0.1, -0.05) is 68.4 Å². The van der Waals surface area contributed by atoms with Crippen LogP contribution in [0.15, 0.2) is 71.5 Å². The van der Waals surface area contributed by atoms with Crippen LogP contribution in [-0.4, -0.2) is 28.9 Å². The highest BCUT2D eigenvalue weighted by atomic mass is 16.2. The van der Waals surface area contributed by atoms with Crippen LogP contribution in [0.3, 0.4) is 0 Å². The summed E-state index contributed by atoms with van der Waals surface area (Å²) in [6.45, 7) is 8.12. The van der Waals surface area contributed by atoms with Crippen LogP contribution in [-0.2, 0) is 13.1 Å². The Kier molecular flexibility index (Phi) is 6.86. The third kappa shape index (κ3) is 5.35. The van der Waals surface area contributed by atoms with Gasteiger partial charge in [0.05, 0.1) is 0 Å². The predicted octanol–water partition coefficient (Wildman–Crippen LogP) is 4.45. The van der Waals surface area contributed by atoms with Crippen LogP contribution >= 0.6 is 0 Å². The van der Waals surface area contributed by atoms with Crippen LogP contribution in [0.25, 0.3) is 11.3 Å². The fourth-order valence-electron chi connectivity index (χ4n) is 4.76. The molecule has 1 fully saturated rings. The van der Waals surface area contributed by atoms with E-state index in [1.807, 2.05) is 42.5 Å². The third-order valence-electron chi connectivity index (χ3n) is 6.14. The number of pyridine rings is 1. The zero-order valence-corrected chi connectivity index (χ0v) is 18.8. The number of aromatic amines is 1. The van der Waals surface area contributed by atoms with Gasteiger partial charge in [0.15, 0.2) is 0 Å². The summed E-state index contributed by atoms with van der Waals surface area (Å²) in [6.07, 6.45) is 1.28. The summed E-state index contributed by atoms with van der Waals surface area (Å²) in [5, 5.41) is 2.93. The van der Waals surface area contributed by atoms with Crippen molar-refractivity contribution in [3.8, 4) is 11.3 Å². The molecule has 166 valence electrons. The Bertz CT molecular complexity index is 1110. The average Bonchev–Trinajstić information content (AvgIpc) is 2.78. The van der Waals surface area contributed by atoms with Gasteiger partial charge in [-0.05, 0) is 47.1 Å². The van der Waals surface area contributed by atoms with Crippen molar-refractivity contribution in [2.24, 2.45) is 11.8 Å². The maximum atomic E-state index is 12.7. The molecule has 2 N–H and O–H groups in total. The topological polar surface area (TPSA) is 65.2 Å². The smallest absolute Gasteiger partial charge is 0.261 e. The van der Waals surface area contributed by atoms with Crippen LogP contribution in [0.1, 0.15) is 41.8 Å². The molecular formula is C27H31N3O2. The van der Waals surface area contributed by atoms with Crippen LogP contribution in [0.2, 0.25) is 0 Å². The van der Waals surface area contributed by atoms with Crippen molar-refractivity contribution in [3.05, 3.63) is 93.8 Å². The highest BCUT2D eigenvalue weighted by Crippen LogP contribution is 2.23. The van der Waals surface area contributed by atoms with E-state index in [-0.39, 0.29) is 17.0 Å². The number of amides is 1. The van der Waals surface area contributed by atoms with E-state index < -0.39 is 0 Å². The van der Waals surface area contributed by atoms with Crippen LogP contribution in [0, 0.1) is 11.8 Å². The Morgan fingerprint density at radius 3 is 2.28 bits per heavy atom. The van der Waals surface area contributed by atoms with Crippen LogP contribution in [0.4, 0.5) is 0 Å². The first kappa shape index (κ1) is 22.0. The van der Waals surface area contributed by atoms with E-state index in [4.69, 9.17) is 0 Å². The quantitative estimate of drug-likeness (QED) is 0.608. The number of likely N-dealkylation sites (tertiary alicyclic amines) is 1. The molecule has 2 unspecified atom stereocenters. The molecule has 32 heavy (non-hydrogen) atoms. The Balaban J connectivity index is 1.43. The summed E-state index contributed by atoms with van der Waals surface area (Å²) in [7, 11) is 0. The number of carbonyl (C=O) groups excluding carboxylic acids is 1. The number of carbonyl (C=O) groups is 1. The van der Waals surface area contributed by atoms with Gasteiger partial charge in [-0.15, -0.1) is 0 Å². The molecule has 3 aromatic rings. The molecule has 0 spiro atoms. The van der Waals surface area contributed by atoms with E-state index in [0.29, 0.717) is 24.1 Å². The summed E-state index contributed by atoms with van der Waals surface area (Å²) in [4.78, 5) is 30.6. The van der Waals surface area contributed by atoms with Crippen molar-refractivity contribution in [1.82, 2.24) is 15.2 Å². The fraction of sp³-hybridized carbons (Fsp3) is 0.333. The fourth-order valence-corrected chi connectivity index (χ4v) is 4.76. The van der Waals surface area contributed by atoms with Crippen molar-refractivity contribution < 1.29 is 4.79 Å².